The molecule has 0 bridgehead atoms. The Balaban J connectivity index is 1.36. The lowest BCUT2D eigenvalue weighted by Crippen LogP contribution is -2.32. The summed E-state index contributed by atoms with van der Waals surface area (Å²) >= 11 is 1.38. The van der Waals surface area contributed by atoms with E-state index in [2.05, 4.69) is 19.9 Å². The highest BCUT2D eigenvalue weighted by Gasteiger charge is 2.21. The van der Waals surface area contributed by atoms with Crippen LogP contribution in [-0.4, -0.2) is 56.6 Å². The molecule has 1 aromatic heterocycles. The highest BCUT2D eigenvalue weighted by Crippen LogP contribution is 2.20. The number of likely N-dealkylation sites (tertiary alicyclic amines) is 1. The van der Waals surface area contributed by atoms with Gasteiger partial charge in [-0.15, -0.1) is 11.3 Å². The molecule has 0 radical (unpaired) electrons. The molecule has 1 unspecified atom stereocenters. The topological polar surface area (TPSA) is 101 Å². The predicted molar refractivity (Wildman–Crippen MR) is 124 cm³/mol. The number of hydrogen-bond donors (Lipinski definition) is 2. The number of anilines is 1. The predicted octanol–water partition coefficient (Wildman–Crippen LogP) is 3.23. The number of hydrogen-bond acceptors (Lipinski definition) is 7. The van der Waals surface area contributed by atoms with E-state index in [0.717, 1.165) is 38.2 Å². The fourth-order valence-corrected chi connectivity index (χ4v) is 5.83. The minimum Gasteiger partial charge on any atom is -0.377 e. The van der Waals surface area contributed by atoms with Gasteiger partial charge in [-0.3, -0.25) is 15.0 Å². The van der Waals surface area contributed by atoms with E-state index in [-0.39, 0.29) is 29.0 Å². The highest BCUT2D eigenvalue weighted by molar-refractivity contribution is 7.89. The molecule has 3 heterocycles. The lowest BCUT2D eigenvalue weighted by Gasteiger charge is -2.17. The molecule has 1 aromatic carbocycles. The van der Waals surface area contributed by atoms with Gasteiger partial charge in [0.05, 0.1) is 16.7 Å². The average Bonchev–Trinajstić information content (AvgIpc) is 3.40. The van der Waals surface area contributed by atoms with E-state index in [1.807, 2.05) is 5.38 Å². The van der Waals surface area contributed by atoms with E-state index in [9.17, 15) is 13.2 Å². The second kappa shape index (κ2) is 10.8. The van der Waals surface area contributed by atoms with Crippen LogP contribution in [0.4, 0.5) is 5.13 Å². The number of carbonyl (C=O) groups excluding carboxylic acids is 1. The summed E-state index contributed by atoms with van der Waals surface area (Å²) in [4.78, 5) is 19.7. The number of amides is 1. The van der Waals surface area contributed by atoms with Crippen molar-refractivity contribution in [1.29, 1.82) is 0 Å². The Morgan fingerprint density at radius 2 is 2.00 bits per heavy atom. The monoisotopic (exact) mass is 478 g/mol. The number of rotatable bonds is 8. The lowest BCUT2D eigenvalue weighted by atomic mass is 10.2. The zero-order valence-electron chi connectivity index (χ0n) is 18.1. The van der Waals surface area contributed by atoms with Gasteiger partial charge in [-0.05, 0) is 57.0 Å². The fourth-order valence-electron chi connectivity index (χ4n) is 4.03. The first-order valence-corrected chi connectivity index (χ1v) is 13.6. The molecule has 2 aromatic rings. The van der Waals surface area contributed by atoms with Crippen LogP contribution >= 0.6 is 11.3 Å². The summed E-state index contributed by atoms with van der Waals surface area (Å²) in [7, 11) is -3.72. The van der Waals surface area contributed by atoms with Gasteiger partial charge in [-0.25, -0.2) is 18.1 Å². The molecular formula is C22H30N4O4S2. The Bertz CT molecular complexity index is 1010. The molecule has 2 aliphatic heterocycles. The molecule has 2 aliphatic rings. The van der Waals surface area contributed by atoms with Gasteiger partial charge < -0.3 is 4.74 Å². The van der Waals surface area contributed by atoms with Crippen LogP contribution in [0.1, 0.15) is 54.6 Å². The van der Waals surface area contributed by atoms with Crippen LogP contribution < -0.4 is 10.0 Å². The van der Waals surface area contributed by atoms with E-state index in [1.165, 1.54) is 49.2 Å². The third-order valence-electron chi connectivity index (χ3n) is 5.79. The van der Waals surface area contributed by atoms with E-state index in [1.54, 1.807) is 12.1 Å². The summed E-state index contributed by atoms with van der Waals surface area (Å²) in [5.74, 6) is -0.378. The van der Waals surface area contributed by atoms with Crippen molar-refractivity contribution in [2.45, 2.75) is 56.1 Å². The first-order chi connectivity index (χ1) is 15.5. The van der Waals surface area contributed by atoms with Gasteiger partial charge in [0, 0.05) is 30.6 Å². The van der Waals surface area contributed by atoms with Crippen LogP contribution in [0.2, 0.25) is 0 Å². The number of aromatic nitrogens is 1. The van der Waals surface area contributed by atoms with Crippen molar-refractivity contribution in [2.24, 2.45) is 0 Å². The normalized spacial score (nSPS) is 20.2. The van der Waals surface area contributed by atoms with E-state index in [0.29, 0.717) is 11.7 Å². The van der Waals surface area contributed by atoms with Crippen molar-refractivity contribution in [3.63, 3.8) is 0 Å². The Hall–Kier alpha value is -1.85. The Morgan fingerprint density at radius 1 is 1.19 bits per heavy atom. The van der Waals surface area contributed by atoms with Crippen molar-refractivity contribution < 1.29 is 17.9 Å². The molecule has 2 fully saturated rings. The molecule has 0 spiro atoms. The van der Waals surface area contributed by atoms with Crippen molar-refractivity contribution in [2.75, 3.05) is 31.6 Å². The summed E-state index contributed by atoms with van der Waals surface area (Å²) in [6.07, 6.45) is 6.70. The first kappa shape index (κ1) is 23.3. The third kappa shape index (κ3) is 6.35. The van der Waals surface area contributed by atoms with E-state index < -0.39 is 10.0 Å². The third-order valence-corrected chi connectivity index (χ3v) is 8.02. The fraction of sp³-hybridized carbons (Fsp3) is 0.545. The number of nitrogens with zero attached hydrogens (tertiary/aromatic N) is 2. The summed E-state index contributed by atoms with van der Waals surface area (Å²) in [6, 6.07) is 6.04. The van der Waals surface area contributed by atoms with Gasteiger partial charge in [-0.1, -0.05) is 18.9 Å². The van der Waals surface area contributed by atoms with E-state index >= 15 is 0 Å². The quantitative estimate of drug-likeness (QED) is 0.604. The van der Waals surface area contributed by atoms with Gasteiger partial charge in [0.1, 0.15) is 0 Å². The van der Waals surface area contributed by atoms with Crippen LogP contribution in [0.15, 0.2) is 34.5 Å². The molecule has 0 aliphatic carbocycles. The van der Waals surface area contributed by atoms with Gasteiger partial charge in [0.25, 0.3) is 5.91 Å². The average molecular weight is 479 g/mol. The van der Waals surface area contributed by atoms with Gasteiger partial charge in [-0.2, -0.15) is 0 Å². The number of thiazole rings is 1. The second-order valence-corrected chi connectivity index (χ2v) is 10.9. The van der Waals surface area contributed by atoms with Crippen LogP contribution in [0.5, 0.6) is 0 Å². The smallest absolute Gasteiger partial charge is 0.257 e. The van der Waals surface area contributed by atoms with Crippen molar-refractivity contribution in [3.05, 3.63) is 40.9 Å². The van der Waals surface area contributed by atoms with Crippen molar-refractivity contribution in [1.82, 2.24) is 14.6 Å². The standard InChI is InChI=1S/C22H30N4O4S2/c27-21(25-22-24-18(16-31-22)15-26-10-3-1-2-4-11-26)17-7-5-9-20(13-17)32(28,29)23-14-19-8-6-12-30-19/h5,7,9,13,16,19,23H,1-4,6,8,10-12,14-15H2,(H,24,25,27). The Morgan fingerprint density at radius 3 is 2.75 bits per heavy atom. The SMILES string of the molecule is O=C(Nc1nc(CN2CCCCCC2)cs1)c1cccc(S(=O)(=O)NCC2CCCO2)c1. The molecule has 2 N–H and O–H groups in total. The molecule has 4 rings (SSSR count). The van der Waals surface area contributed by atoms with Gasteiger partial charge >= 0.3 is 0 Å². The number of benzene rings is 1. The van der Waals surface area contributed by atoms with Crippen LogP contribution in [0.25, 0.3) is 0 Å². The second-order valence-electron chi connectivity index (χ2n) is 8.30. The van der Waals surface area contributed by atoms with Crippen LogP contribution in [0, 0.1) is 0 Å². The first-order valence-electron chi connectivity index (χ1n) is 11.2. The van der Waals surface area contributed by atoms with E-state index in [4.69, 9.17) is 4.74 Å². The molecule has 8 nitrogen and oxygen atoms in total. The molecule has 32 heavy (non-hydrogen) atoms. The van der Waals surface area contributed by atoms with Gasteiger partial charge in [0.15, 0.2) is 5.13 Å². The lowest BCUT2D eigenvalue weighted by molar-refractivity contribution is 0.102. The molecule has 2 saturated heterocycles. The van der Waals surface area contributed by atoms with Gasteiger partial charge in [0.2, 0.25) is 10.0 Å². The zero-order valence-corrected chi connectivity index (χ0v) is 19.7. The summed E-state index contributed by atoms with van der Waals surface area (Å²) in [5.41, 5.74) is 1.22. The molecule has 10 heteroatoms. The Labute approximate surface area is 193 Å². The van der Waals surface area contributed by atoms with Crippen LogP contribution in [0.3, 0.4) is 0 Å². The number of sulfonamides is 1. The number of nitrogens with one attached hydrogen (secondary N) is 2. The molecule has 0 saturated carbocycles. The molecule has 174 valence electrons. The van der Waals surface area contributed by atoms with Crippen LogP contribution in [-0.2, 0) is 21.3 Å². The maximum Gasteiger partial charge on any atom is 0.257 e. The maximum absolute atomic E-state index is 12.7. The maximum atomic E-state index is 12.7. The number of ether oxygens (including phenoxy) is 1. The minimum atomic E-state index is -3.72. The highest BCUT2D eigenvalue weighted by atomic mass is 32.2. The summed E-state index contributed by atoms with van der Waals surface area (Å²) < 4.78 is 33.3. The molecule has 1 amide bonds. The van der Waals surface area contributed by atoms with Crippen molar-refractivity contribution in [3.8, 4) is 0 Å². The number of carbonyl (C=O) groups is 1. The summed E-state index contributed by atoms with van der Waals surface area (Å²) in [5, 5.41) is 5.29. The van der Waals surface area contributed by atoms with Crippen molar-refractivity contribution >= 4 is 32.4 Å². The molecular weight excluding hydrogens is 448 g/mol. The molecule has 1 atom stereocenters. The zero-order chi connectivity index (χ0) is 22.4. The summed E-state index contributed by atoms with van der Waals surface area (Å²) in [6.45, 7) is 3.86. The largest absolute Gasteiger partial charge is 0.377 e. The Kier molecular flexibility index (Phi) is 7.90. The minimum absolute atomic E-state index is 0.0594.